The maximum Gasteiger partial charge on any atom is 0.309 e. The van der Waals surface area contributed by atoms with Crippen molar-refractivity contribution in [3.8, 4) is 0 Å². The van der Waals surface area contributed by atoms with E-state index in [1.54, 1.807) is 0 Å². The van der Waals surface area contributed by atoms with Crippen LogP contribution in [0.4, 0.5) is 0 Å². The lowest BCUT2D eigenvalue weighted by Gasteiger charge is -2.32. The summed E-state index contributed by atoms with van der Waals surface area (Å²) in [5.74, 6) is -1.59. The van der Waals surface area contributed by atoms with Crippen LogP contribution in [0, 0.1) is 11.8 Å². The summed E-state index contributed by atoms with van der Waals surface area (Å²) in [5.41, 5.74) is 1.58. The first kappa shape index (κ1) is 31.8. The van der Waals surface area contributed by atoms with E-state index in [1.165, 1.54) is 31.2 Å². The summed E-state index contributed by atoms with van der Waals surface area (Å²) in [6, 6.07) is 2.17. The lowest BCUT2D eigenvalue weighted by Crippen LogP contribution is -2.37. The van der Waals surface area contributed by atoms with Gasteiger partial charge in [0.2, 0.25) is 0 Å². The largest absolute Gasteiger partial charge is 0.481 e. The molecule has 1 aliphatic carbocycles. The van der Waals surface area contributed by atoms with E-state index in [9.17, 15) is 25.2 Å². The van der Waals surface area contributed by atoms with Crippen LogP contribution in [0.1, 0.15) is 134 Å². The third-order valence-corrected chi connectivity index (χ3v) is 8.70. The van der Waals surface area contributed by atoms with Crippen LogP contribution in [0.5, 0.6) is 0 Å². The number of aromatic nitrogens is 1. The van der Waals surface area contributed by atoms with Crippen LogP contribution in [0.2, 0.25) is 0 Å². The van der Waals surface area contributed by atoms with Gasteiger partial charge in [-0.1, -0.05) is 78.1 Å². The number of nitrogens with one attached hydrogen (secondary N) is 1. The fourth-order valence-corrected chi connectivity index (χ4v) is 6.13. The second kappa shape index (κ2) is 17.3. The highest BCUT2D eigenvalue weighted by Crippen LogP contribution is 2.41. The number of H-pyrrole nitrogens is 1. The van der Waals surface area contributed by atoms with E-state index < -0.39 is 23.6 Å². The number of hydrogen-bond acceptors (Lipinski definition) is 4. The molecule has 5 N–H and O–H groups in total. The predicted molar refractivity (Wildman–Crippen MR) is 150 cm³/mol. The number of aliphatic hydroxyl groups excluding tert-OH is 2. The molecule has 0 radical (unpaired) electrons. The van der Waals surface area contributed by atoms with Crippen LogP contribution in [0.25, 0.3) is 0 Å². The molecule has 2 rings (SSSR count). The Morgan fingerprint density at radius 3 is 2.24 bits per heavy atom. The monoisotopic (exact) mass is 521 g/mol. The zero-order valence-electron chi connectivity index (χ0n) is 23.6. The standard InChI is InChI=1S/C31H55NO5/c1-3-5-6-7-10-15-27(33)16-11-8-9-12-17-28(30(35)36)29(34)18-20-31(37)19-13-14-25(31)22-26-21-24(4-2)23-32-26/h21,23,25,27-29,32-34,37H,3-20,22H2,1-2H3,(H,35,36). The van der Waals surface area contributed by atoms with Crippen LogP contribution in [-0.4, -0.2) is 49.2 Å². The summed E-state index contributed by atoms with van der Waals surface area (Å²) in [4.78, 5) is 15.2. The average Bonchev–Trinajstić information content (AvgIpc) is 3.48. The van der Waals surface area contributed by atoms with Gasteiger partial charge >= 0.3 is 5.97 Å². The maximum atomic E-state index is 11.9. The van der Waals surface area contributed by atoms with E-state index in [4.69, 9.17) is 0 Å². The van der Waals surface area contributed by atoms with Crippen LogP contribution in [0.15, 0.2) is 12.3 Å². The molecular formula is C31H55NO5. The minimum absolute atomic E-state index is 0.137. The van der Waals surface area contributed by atoms with Gasteiger partial charge < -0.3 is 25.4 Å². The fraction of sp³-hybridized carbons (Fsp3) is 0.839. The summed E-state index contributed by atoms with van der Waals surface area (Å²) < 4.78 is 0. The van der Waals surface area contributed by atoms with E-state index >= 15 is 0 Å². The third kappa shape index (κ3) is 11.5. The summed E-state index contributed by atoms with van der Waals surface area (Å²) in [7, 11) is 0. The first-order valence-electron chi connectivity index (χ1n) is 15.3. The molecule has 0 aliphatic heterocycles. The fourth-order valence-electron chi connectivity index (χ4n) is 6.13. The zero-order chi connectivity index (χ0) is 27.1. The van der Waals surface area contributed by atoms with Crippen molar-refractivity contribution in [2.75, 3.05) is 0 Å². The normalized spacial score (nSPS) is 22.2. The lowest BCUT2D eigenvalue weighted by atomic mass is 9.81. The Balaban J connectivity index is 1.67. The van der Waals surface area contributed by atoms with Gasteiger partial charge in [-0.05, 0) is 75.3 Å². The Bertz CT molecular complexity index is 750. The van der Waals surface area contributed by atoms with E-state index in [-0.39, 0.29) is 12.0 Å². The molecule has 0 aromatic carbocycles. The topological polar surface area (TPSA) is 114 Å². The Kier molecular flexibility index (Phi) is 14.9. The molecule has 1 heterocycles. The quantitative estimate of drug-likeness (QED) is 0.118. The van der Waals surface area contributed by atoms with Gasteiger partial charge in [-0.15, -0.1) is 0 Å². The molecule has 5 unspecified atom stereocenters. The Morgan fingerprint density at radius 1 is 1.00 bits per heavy atom. The number of aliphatic carboxylic acids is 1. The molecule has 0 amide bonds. The molecule has 0 saturated heterocycles. The van der Waals surface area contributed by atoms with Crippen molar-refractivity contribution >= 4 is 5.97 Å². The molecule has 1 aliphatic rings. The van der Waals surface area contributed by atoms with Crippen molar-refractivity contribution in [1.29, 1.82) is 0 Å². The minimum Gasteiger partial charge on any atom is -0.481 e. The van der Waals surface area contributed by atoms with Gasteiger partial charge in [0.15, 0.2) is 0 Å². The minimum atomic E-state index is -0.945. The van der Waals surface area contributed by atoms with Crippen LogP contribution < -0.4 is 0 Å². The number of aryl methyl sites for hydroxylation is 1. The maximum absolute atomic E-state index is 11.9. The molecule has 1 fully saturated rings. The van der Waals surface area contributed by atoms with Gasteiger partial charge in [0.25, 0.3) is 0 Å². The first-order valence-corrected chi connectivity index (χ1v) is 15.3. The summed E-state index contributed by atoms with van der Waals surface area (Å²) in [6.45, 7) is 4.33. The number of aromatic amines is 1. The van der Waals surface area contributed by atoms with Crippen molar-refractivity contribution in [3.05, 3.63) is 23.5 Å². The molecule has 1 aromatic rings. The number of carboxylic acids is 1. The Labute approximate surface area is 225 Å². The molecule has 5 atom stereocenters. The van der Waals surface area contributed by atoms with Crippen molar-refractivity contribution in [2.45, 2.75) is 154 Å². The number of hydrogen-bond donors (Lipinski definition) is 5. The summed E-state index contributed by atoms with van der Waals surface area (Å²) in [6.07, 6.45) is 17.9. The smallest absolute Gasteiger partial charge is 0.309 e. The highest BCUT2D eigenvalue weighted by Gasteiger charge is 2.41. The molecular weight excluding hydrogens is 466 g/mol. The summed E-state index contributed by atoms with van der Waals surface area (Å²) in [5, 5.41) is 42.0. The Hall–Kier alpha value is -1.37. The molecule has 214 valence electrons. The SMILES string of the molecule is CCCCCCCC(O)CCCCCCC(C(=O)O)C(O)CCC1(O)CCCC1Cc1cc(CC)c[nH]1. The molecule has 0 bridgehead atoms. The van der Waals surface area contributed by atoms with Gasteiger partial charge in [0.05, 0.1) is 23.7 Å². The van der Waals surface area contributed by atoms with E-state index in [0.717, 1.165) is 76.3 Å². The molecule has 1 aromatic heterocycles. The van der Waals surface area contributed by atoms with Crippen molar-refractivity contribution in [2.24, 2.45) is 11.8 Å². The van der Waals surface area contributed by atoms with E-state index in [1.807, 2.05) is 6.20 Å². The number of aliphatic hydroxyl groups is 3. The second-order valence-electron chi connectivity index (χ2n) is 11.7. The van der Waals surface area contributed by atoms with Crippen LogP contribution >= 0.6 is 0 Å². The molecule has 0 spiro atoms. The molecule has 1 saturated carbocycles. The molecule has 37 heavy (non-hydrogen) atoms. The van der Waals surface area contributed by atoms with Gasteiger partial charge in [0, 0.05) is 11.9 Å². The number of carbonyl (C=O) groups is 1. The zero-order valence-corrected chi connectivity index (χ0v) is 23.6. The highest BCUT2D eigenvalue weighted by atomic mass is 16.4. The van der Waals surface area contributed by atoms with Crippen molar-refractivity contribution in [3.63, 3.8) is 0 Å². The van der Waals surface area contributed by atoms with Crippen LogP contribution in [0.3, 0.4) is 0 Å². The lowest BCUT2D eigenvalue weighted by molar-refractivity contribution is -0.146. The van der Waals surface area contributed by atoms with Gasteiger partial charge in [-0.25, -0.2) is 0 Å². The third-order valence-electron chi connectivity index (χ3n) is 8.70. The van der Waals surface area contributed by atoms with Gasteiger partial charge in [-0.2, -0.15) is 0 Å². The van der Waals surface area contributed by atoms with Gasteiger partial charge in [0.1, 0.15) is 0 Å². The van der Waals surface area contributed by atoms with Crippen molar-refractivity contribution < 1.29 is 25.2 Å². The highest BCUT2D eigenvalue weighted by molar-refractivity contribution is 5.70. The predicted octanol–water partition coefficient (Wildman–Crippen LogP) is 6.55. The van der Waals surface area contributed by atoms with Crippen LogP contribution in [-0.2, 0) is 17.6 Å². The first-order chi connectivity index (χ1) is 17.8. The second-order valence-corrected chi connectivity index (χ2v) is 11.7. The number of rotatable bonds is 21. The molecule has 6 nitrogen and oxygen atoms in total. The average molecular weight is 522 g/mol. The van der Waals surface area contributed by atoms with Crippen molar-refractivity contribution in [1.82, 2.24) is 4.98 Å². The van der Waals surface area contributed by atoms with E-state index in [2.05, 4.69) is 24.9 Å². The summed E-state index contributed by atoms with van der Waals surface area (Å²) >= 11 is 0. The van der Waals surface area contributed by atoms with Gasteiger partial charge in [-0.3, -0.25) is 4.79 Å². The Morgan fingerprint density at radius 2 is 1.65 bits per heavy atom. The van der Waals surface area contributed by atoms with E-state index in [0.29, 0.717) is 25.7 Å². The number of unbranched alkanes of at least 4 members (excludes halogenated alkanes) is 7. The molecule has 6 heteroatoms. The number of carboxylic acid groups (broad SMARTS) is 1.